The molecular weight excluding hydrogens is 274 g/mol. The molecule has 0 aliphatic carbocycles. The van der Waals surface area contributed by atoms with Gasteiger partial charge in [0.1, 0.15) is 6.04 Å². The highest BCUT2D eigenvalue weighted by Crippen LogP contribution is 2.18. The van der Waals surface area contributed by atoms with Gasteiger partial charge in [-0.05, 0) is 18.2 Å². The Labute approximate surface area is 99.4 Å². The fourth-order valence-corrected chi connectivity index (χ4v) is 1.62. The van der Waals surface area contributed by atoms with Gasteiger partial charge in [0.15, 0.2) is 0 Å². The molecule has 1 atom stereocenters. The number of fused-ring (bicyclic) bond motifs is 1. The van der Waals surface area contributed by atoms with Crippen molar-refractivity contribution in [1.29, 1.82) is 0 Å². The minimum absolute atomic E-state index is 0.248. The lowest BCUT2D eigenvalue weighted by atomic mass is 10.2. The van der Waals surface area contributed by atoms with Gasteiger partial charge in [0.2, 0.25) is 0 Å². The van der Waals surface area contributed by atoms with Crippen molar-refractivity contribution >= 4 is 32.9 Å². The molecule has 0 aliphatic rings. The molecule has 1 heterocycles. The first-order valence-electron chi connectivity index (χ1n) is 4.48. The minimum Gasteiger partial charge on any atom is -0.480 e. The molecule has 2 aromatic rings. The van der Waals surface area contributed by atoms with Crippen LogP contribution < -0.4 is 5.73 Å². The first-order chi connectivity index (χ1) is 7.58. The standard InChI is InChI=1S/C10H8BrN3O2/c11-5-1-2-6-7(3-5)14-8(4-13-6)9(12)10(15)16/h1-4,9H,12H2,(H,15,16). The van der Waals surface area contributed by atoms with Crippen LogP contribution in [0.4, 0.5) is 0 Å². The van der Waals surface area contributed by atoms with Crippen LogP contribution in [0.2, 0.25) is 0 Å². The van der Waals surface area contributed by atoms with Crippen molar-refractivity contribution in [2.75, 3.05) is 0 Å². The number of nitrogens with zero attached hydrogens (tertiary/aromatic N) is 2. The topological polar surface area (TPSA) is 89.1 Å². The van der Waals surface area contributed by atoms with Gasteiger partial charge >= 0.3 is 5.97 Å². The molecule has 0 saturated heterocycles. The summed E-state index contributed by atoms with van der Waals surface area (Å²) in [5.41, 5.74) is 7.01. The van der Waals surface area contributed by atoms with Crippen molar-refractivity contribution in [2.45, 2.75) is 6.04 Å². The van der Waals surface area contributed by atoms with E-state index in [9.17, 15) is 4.79 Å². The van der Waals surface area contributed by atoms with E-state index >= 15 is 0 Å². The number of carboxylic acid groups (broad SMARTS) is 1. The van der Waals surface area contributed by atoms with Gasteiger partial charge in [-0.2, -0.15) is 0 Å². The SMILES string of the molecule is NC(C(=O)O)c1cnc2ccc(Br)cc2n1. The largest absolute Gasteiger partial charge is 0.480 e. The zero-order valence-electron chi connectivity index (χ0n) is 8.09. The molecule has 2 rings (SSSR count). The van der Waals surface area contributed by atoms with E-state index in [2.05, 4.69) is 25.9 Å². The highest BCUT2D eigenvalue weighted by atomic mass is 79.9. The summed E-state index contributed by atoms with van der Waals surface area (Å²) in [7, 11) is 0. The van der Waals surface area contributed by atoms with Gasteiger partial charge in [-0.3, -0.25) is 9.78 Å². The Morgan fingerprint density at radius 1 is 1.44 bits per heavy atom. The first kappa shape index (κ1) is 11.0. The van der Waals surface area contributed by atoms with Crippen LogP contribution in [0.3, 0.4) is 0 Å². The van der Waals surface area contributed by atoms with Crippen molar-refractivity contribution < 1.29 is 9.90 Å². The van der Waals surface area contributed by atoms with Crippen LogP contribution in [0.5, 0.6) is 0 Å². The lowest BCUT2D eigenvalue weighted by Gasteiger charge is -2.06. The summed E-state index contributed by atoms with van der Waals surface area (Å²) in [6, 6.07) is 4.26. The Kier molecular flexibility index (Phi) is 2.84. The fraction of sp³-hybridized carbons (Fsp3) is 0.100. The molecule has 0 aliphatic heterocycles. The van der Waals surface area contributed by atoms with E-state index in [1.807, 2.05) is 6.07 Å². The molecule has 1 aromatic carbocycles. The van der Waals surface area contributed by atoms with Gasteiger partial charge in [-0.1, -0.05) is 15.9 Å². The zero-order valence-corrected chi connectivity index (χ0v) is 9.68. The number of aliphatic carboxylic acids is 1. The number of hydrogen-bond donors (Lipinski definition) is 2. The summed E-state index contributed by atoms with van der Waals surface area (Å²) in [6.45, 7) is 0. The molecule has 1 aromatic heterocycles. The Morgan fingerprint density at radius 3 is 2.88 bits per heavy atom. The van der Waals surface area contributed by atoms with Crippen molar-refractivity contribution in [2.24, 2.45) is 5.73 Å². The normalized spacial score (nSPS) is 12.6. The number of carboxylic acids is 1. The number of nitrogens with two attached hydrogens (primary N) is 1. The number of rotatable bonds is 2. The molecule has 6 heteroatoms. The zero-order chi connectivity index (χ0) is 11.7. The van der Waals surface area contributed by atoms with Crippen LogP contribution in [0.1, 0.15) is 11.7 Å². The van der Waals surface area contributed by atoms with E-state index in [1.54, 1.807) is 12.1 Å². The van der Waals surface area contributed by atoms with Crippen LogP contribution in [0.25, 0.3) is 11.0 Å². The van der Waals surface area contributed by atoms with E-state index in [0.717, 1.165) is 4.47 Å². The average Bonchev–Trinajstić information content (AvgIpc) is 2.26. The molecule has 0 spiro atoms. The second-order valence-electron chi connectivity index (χ2n) is 3.24. The van der Waals surface area contributed by atoms with E-state index in [0.29, 0.717) is 11.0 Å². The monoisotopic (exact) mass is 281 g/mol. The van der Waals surface area contributed by atoms with E-state index in [4.69, 9.17) is 10.8 Å². The molecule has 0 fully saturated rings. The summed E-state index contributed by atoms with van der Waals surface area (Å²) >= 11 is 3.31. The highest BCUT2D eigenvalue weighted by Gasteiger charge is 2.16. The predicted molar refractivity (Wildman–Crippen MR) is 61.8 cm³/mol. The second-order valence-corrected chi connectivity index (χ2v) is 4.16. The minimum atomic E-state index is -1.14. The number of benzene rings is 1. The summed E-state index contributed by atoms with van der Waals surface area (Å²) in [5.74, 6) is -1.12. The van der Waals surface area contributed by atoms with Crippen molar-refractivity contribution in [3.05, 3.63) is 34.6 Å². The summed E-state index contributed by atoms with van der Waals surface area (Å²) < 4.78 is 0.857. The smallest absolute Gasteiger partial charge is 0.326 e. The Hall–Kier alpha value is -1.53. The highest BCUT2D eigenvalue weighted by molar-refractivity contribution is 9.10. The third-order valence-electron chi connectivity index (χ3n) is 2.11. The molecular formula is C10H8BrN3O2. The number of aromatic nitrogens is 2. The van der Waals surface area contributed by atoms with E-state index in [-0.39, 0.29) is 5.69 Å². The maximum Gasteiger partial charge on any atom is 0.326 e. The molecule has 3 N–H and O–H groups in total. The van der Waals surface area contributed by atoms with Crippen LogP contribution in [-0.2, 0) is 4.79 Å². The van der Waals surface area contributed by atoms with Crippen molar-refractivity contribution in [3.63, 3.8) is 0 Å². The Morgan fingerprint density at radius 2 is 2.19 bits per heavy atom. The van der Waals surface area contributed by atoms with Gasteiger partial charge in [0, 0.05) is 4.47 Å². The van der Waals surface area contributed by atoms with Crippen molar-refractivity contribution in [3.8, 4) is 0 Å². The summed E-state index contributed by atoms with van der Waals surface area (Å²) in [4.78, 5) is 19.0. The number of carbonyl (C=O) groups is 1. The third-order valence-corrected chi connectivity index (χ3v) is 2.60. The third kappa shape index (κ3) is 2.02. The second kappa shape index (κ2) is 4.15. The average molecular weight is 282 g/mol. The van der Waals surface area contributed by atoms with Gasteiger partial charge in [0.25, 0.3) is 0 Å². The molecule has 0 bridgehead atoms. The molecule has 5 nitrogen and oxygen atoms in total. The Bertz CT molecular complexity index is 559. The van der Waals surface area contributed by atoms with Gasteiger partial charge in [-0.25, -0.2) is 4.98 Å². The first-order valence-corrected chi connectivity index (χ1v) is 5.28. The van der Waals surface area contributed by atoms with Gasteiger partial charge in [-0.15, -0.1) is 0 Å². The summed E-state index contributed by atoms with van der Waals surface area (Å²) in [5, 5.41) is 8.76. The molecule has 82 valence electrons. The quantitative estimate of drug-likeness (QED) is 0.870. The lowest BCUT2D eigenvalue weighted by molar-refractivity contribution is -0.138. The predicted octanol–water partition coefficient (Wildman–Crippen LogP) is 1.48. The fourth-order valence-electron chi connectivity index (χ4n) is 1.28. The molecule has 0 amide bonds. The lowest BCUT2D eigenvalue weighted by Crippen LogP contribution is -2.22. The molecule has 0 saturated carbocycles. The maximum absolute atomic E-state index is 10.7. The molecule has 0 radical (unpaired) electrons. The van der Waals surface area contributed by atoms with Gasteiger partial charge in [0.05, 0.1) is 22.9 Å². The van der Waals surface area contributed by atoms with Crippen molar-refractivity contribution in [1.82, 2.24) is 9.97 Å². The van der Waals surface area contributed by atoms with Crippen LogP contribution >= 0.6 is 15.9 Å². The van der Waals surface area contributed by atoms with Crippen LogP contribution in [-0.4, -0.2) is 21.0 Å². The van der Waals surface area contributed by atoms with Gasteiger partial charge < -0.3 is 10.8 Å². The van der Waals surface area contributed by atoms with Crippen LogP contribution in [0.15, 0.2) is 28.9 Å². The Balaban J connectivity index is 2.54. The molecule has 1 unspecified atom stereocenters. The van der Waals surface area contributed by atoms with E-state index < -0.39 is 12.0 Å². The number of hydrogen-bond acceptors (Lipinski definition) is 4. The van der Waals surface area contributed by atoms with Crippen LogP contribution in [0, 0.1) is 0 Å². The molecule has 16 heavy (non-hydrogen) atoms. The summed E-state index contributed by atoms with van der Waals surface area (Å²) in [6.07, 6.45) is 1.38. The van der Waals surface area contributed by atoms with E-state index in [1.165, 1.54) is 6.20 Å². The number of halogens is 1. The maximum atomic E-state index is 10.7.